The molecule has 126 valence electrons. The number of nitrogens with one attached hydrogen (secondary N) is 1. The van der Waals surface area contributed by atoms with E-state index in [2.05, 4.69) is 5.32 Å². The molecule has 2 aromatic carbocycles. The quantitative estimate of drug-likeness (QED) is 0.794. The molecule has 0 radical (unpaired) electrons. The number of benzene rings is 2. The van der Waals surface area contributed by atoms with Gasteiger partial charge in [-0.05, 0) is 35.9 Å². The number of hydrogen-bond donors (Lipinski definition) is 2. The number of hydrogen-bond acceptors (Lipinski definition) is 4. The molecule has 0 aliphatic rings. The summed E-state index contributed by atoms with van der Waals surface area (Å²) in [5.41, 5.74) is 0.961. The number of carbonyl (C=O) groups is 1. The zero-order valence-electron chi connectivity index (χ0n) is 12.7. The van der Waals surface area contributed by atoms with Gasteiger partial charge in [-0.15, -0.1) is 0 Å². The van der Waals surface area contributed by atoms with Gasteiger partial charge in [-0.25, -0.2) is 13.6 Å². The second kappa shape index (κ2) is 7.48. The van der Waals surface area contributed by atoms with Gasteiger partial charge in [0.1, 0.15) is 10.6 Å². The summed E-state index contributed by atoms with van der Waals surface area (Å²) in [6.07, 6.45) is 2.85. The van der Waals surface area contributed by atoms with Crippen LogP contribution in [0, 0.1) is 0 Å². The fourth-order valence-electron chi connectivity index (χ4n) is 1.94. The highest BCUT2D eigenvalue weighted by molar-refractivity contribution is 7.89. The van der Waals surface area contributed by atoms with Gasteiger partial charge in [0, 0.05) is 16.8 Å². The molecule has 3 N–H and O–H groups in total. The number of carbonyl (C=O) groups excluding carboxylic acids is 1. The van der Waals surface area contributed by atoms with Crippen LogP contribution in [-0.2, 0) is 14.8 Å². The van der Waals surface area contributed by atoms with Gasteiger partial charge in [0.15, 0.2) is 0 Å². The number of amides is 1. The first-order chi connectivity index (χ1) is 11.3. The molecule has 0 fully saturated rings. The lowest BCUT2D eigenvalue weighted by Gasteiger charge is -2.09. The third-order valence-corrected chi connectivity index (χ3v) is 4.33. The minimum atomic E-state index is -3.98. The van der Waals surface area contributed by atoms with Gasteiger partial charge < -0.3 is 10.1 Å². The van der Waals surface area contributed by atoms with Crippen LogP contribution in [0.1, 0.15) is 5.56 Å². The van der Waals surface area contributed by atoms with Gasteiger partial charge in [0.2, 0.25) is 15.9 Å². The molecule has 0 saturated heterocycles. The molecule has 8 heteroatoms. The zero-order valence-corrected chi connectivity index (χ0v) is 14.3. The second-order valence-electron chi connectivity index (χ2n) is 4.75. The highest BCUT2D eigenvalue weighted by Crippen LogP contribution is 2.26. The van der Waals surface area contributed by atoms with Crippen molar-refractivity contribution in [1.29, 1.82) is 0 Å². The summed E-state index contributed by atoms with van der Waals surface area (Å²) in [7, 11) is -2.65. The predicted octanol–water partition coefficient (Wildman–Crippen LogP) is 2.65. The van der Waals surface area contributed by atoms with Crippen LogP contribution in [0.2, 0.25) is 5.02 Å². The number of rotatable bonds is 5. The lowest BCUT2D eigenvalue weighted by atomic mass is 10.2. The van der Waals surface area contributed by atoms with Crippen LogP contribution in [0.25, 0.3) is 6.08 Å². The molecule has 2 rings (SSSR count). The second-order valence-corrected chi connectivity index (χ2v) is 6.69. The summed E-state index contributed by atoms with van der Waals surface area (Å²) in [4.78, 5) is 11.7. The SMILES string of the molecule is COc1ccc(NC(=O)/C=C/c2ccccc2Cl)cc1S(N)(=O)=O. The van der Waals surface area contributed by atoms with Gasteiger partial charge in [-0.2, -0.15) is 0 Å². The first-order valence-electron chi connectivity index (χ1n) is 6.75. The van der Waals surface area contributed by atoms with Crippen molar-refractivity contribution in [3.05, 3.63) is 59.1 Å². The lowest BCUT2D eigenvalue weighted by Crippen LogP contribution is -2.15. The Morgan fingerprint density at radius 2 is 1.96 bits per heavy atom. The van der Waals surface area contributed by atoms with Crippen LogP contribution in [0.4, 0.5) is 5.69 Å². The minimum absolute atomic E-state index is 0.0992. The largest absolute Gasteiger partial charge is 0.495 e. The molecule has 0 saturated carbocycles. The van der Waals surface area contributed by atoms with E-state index < -0.39 is 15.9 Å². The number of methoxy groups -OCH3 is 1. The highest BCUT2D eigenvalue weighted by atomic mass is 35.5. The number of primary sulfonamides is 1. The van der Waals surface area contributed by atoms with Crippen molar-refractivity contribution >= 4 is 39.3 Å². The number of halogens is 1. The maximum atomic E-state index is 12.0. The van der Waals surface area contributed by atoms with Crippen molar-refractivity contribution in [2.45, 2.75) is 4.90 Å². The van der Waals surface area contributed by atoms with E-state index in [1.165, 1.54) is 31.4 Å². The predicted molar refractivity (Wildman–Crippen MR) is 93.5 cm³/mol. The summed E-state index contributed by atoms with van der Waals surface area (Å²) in [5, 5.41) is 8.20. The van der Waals surface area contributed by atoms with Crippen molar-refractivity contribution in [3.8, 4) is 5.75 Å². The Bertz CT molecular complexity index is 895. The summed E-state index contributed by atoms with van der Waals surface area (Å²) in [6.45, 7) is 0. The molecule has 1 amide bonds. The molecule has 0 heterocycles. The Kier molecular flexibility index (Phi) is 5.61. The smallest absolute Gasteiger partial charge is 0.248 e. The maximum absolute atomic E-state index is 12.0. The zero-order chi connectivity index (χ0) is 17.7. The molecule has 0 unspecified atom stereocenters. The molecule has 0 bridgehead atoms. The molecule has 0 aliphatic carbocycles. The minimum Gasteiger partial charge on any atom is -0.495 e. The Morgan fingerprint density at radius 3 is 2.58 bits per heavy atom. The number of sulfonamides is 1. The molecule has 2 aromatic rings. The van der Waals surface area contributed by atoms with Crippen LogP contribution < -0.4 is 15.2 Å². The highest BCUT2D eigenvalue weighted by Gasteiger charge is 2.16. The summed E-state index contributed by atoms with van der Waals surface area (Å²) in [6, 6.07) is 11.2. The van der Waals surface area contributed by atoms with Crippen molar-refractivity contribution in [3.63, 3.8) is 0 Å². The monoisotopic (exact) mass is 366 g/mol. The van der Waals surface area contributed by atoms with Crippen molar-refractivity contribution < 1.29 is 17.9 Å². The van der Waals surface area contributed by atoms with Gasteiger partial charge in [0.25, 0.3) is 0 Å². The Balaban J connectivity index is 2.19. The van der Waals surface area contributed by atoms with Crippen LogP contribution in [0.15, 0.2) is 53.4 Å². The Labute approximate surface area is 144 Å². The summed E-state index contributed by atoms with van der Waals surface area (Å²) in [5.74, 6) is -0.345. The molecule has 6 nitrogen and oxygen atoms in total. The fourth-order valence-corrected chi connectivity index (χ4v) is 2.86. The first kappa shape index (κ1) is 18.0. The van der Waals surface area contributed by atoms with Crippen molar-refractivity contribution in [2.24, 2.45) is 5.14 Å². The standard InChI is InChI=1S/C16H15ClN2O4S/c1-23-14-8-7-12(10-15(14)24(18,21)22)19-16(20)9-6-11-4-2-3-5-13(11)17/h2-10H,1H3,(H,19,20)(H2,18,21,22)/b9-6+. The van der Waals surface area contributed by atoms with E-state index in [0.717, 1.165) is 0 Å². The number of anilines is 1. The first-order valence-corrected chi connectivity index (χ1v) is 8.68. The third kappa shape index (κ3) is 4.58. The van der Waals surface area contributed by atoms with Crippen molar-refractivity contribution in [1.82, 2.24) is 0 Å². The van der Waals surface area contributed by atoms with Crippen LogP contribution in [0.3, 0.4) is 0 Å². The lowest BCUT2D eigenvalue weighted by molar-refractivity contribution is -0.111. The maximum Gasteiger partial charge on any atom is 0.248 e. The normalized spacial score (nSPS) is 11.5. The van der Waals surface area contributed by atoms with E-state index in [-0.39, 0.29) is 16.3 Å². The van der Waals surface area contributed by atoms with E-state index in [1.54, 1.807) is 30.3 Å². The Morgan fingerprint density at radius 1 is 1.25 bits per heavy atom. The summed E-state index contributed by atoms with van der Waals surface area (Å²) >= 11 is 5.99. The number of nitrogens with two attached hydrogens (primary N) is 1. The van der Waals surface area contributed by atoms with E-state index in [0.29, 0.717) is 10.6 Å². The van der Waals surface area contributed by atoms with E-state index >= 15 is 0 Å². The molecular weight excluding hydrogens is 352 g/mol. The average molecular weight is 367 g/mol. The van der Waals surface area contributed by atoms with Gasteiger partial charge in [0.05, 0.1) is 7.11 Å². The van der Waals surface area contributed by atoms with E-state index in [9.17, 15) is 13.2 Å². The average Bonchev–Trinajstić information content (AvgIpc) is 2.53. The molecule has 0 spiro atoms. The summed E-state index contributed by atoms with van der Waals surface area (Å²) < 4.78 is 28.1. The molecule has 0 aliphatic heterocycles. The van der Waals surface area contributed by atoms with E-state index in [4.69, 9.17) is 21.5 Å². The third-order valence-electron chi connectivity index (χ3n) is 3.06. The van der Waals surface area contributed by atoms with Gasteiger partial charge in [-0.3, -0.25) is 4.79 Å². The fraction of sp³-hybridized carbons (Fsp3) is 0.0625. The number of ether oxygens (including phenoxy) is 1. The Hall–Kier alpha value is -2.35. The van der Waals surface area contributed by atoms with E-state index in [1.807, 2.05) is 0 Å². The van der Waals surface area contributed by atoms with Gasteiger partial charge >= 0.3 is 0 Å². The van der Waals surface area contributed by atoms with Crippen LogP contribution >= 0.6 is 11.6 Å². The molecule has 0 atom stereocenters. The van der Waals surface area contributed by atoms with Crippen molar-refractivity contribution in [2.75, 3.05) is 12.4 Å². The topological polar surface area (TPSA) is 98.5 Å². The van der Waals surface area contributed by atoms with Crippen LogP contribution in [0.5, 0.6) is 5.75 Å². The van der Waals surface area contributed by atoms with Gasteiger partial charge in [-0.1, -0.05) is 29.8 Å². The van der Waals surface area contributed by atoms with Crippen LogP contribution in [-0.4, -0.2) is 21.4 Å². The molecule has 0 aromatic heterocycles. The molecular formula is C16H15ClN2O4S. The molecule has 24 heavy (non-hydrogen) atoms.